The van der Waals surface area contributed by atoms with E-state index in [-0.39, 0.29) is 5.82 Å². The Hall–Kier alpha value is -2.64. The molecule has 108 valence electrons. The van der Waals surface area contributed by atoms with Crippen LogP contribution in [0.15, 0.2) is 42.9 Å². The van der Waals surface area contributed by atoms with E-state index in [1.165, 1.54) is 12.5 Å². The summed E-state index contributed by atoms with van der Waals surface area (Å²) in [5, 5.41) is 6.86. The molecular formula is C13H10F3N5. The summed E-state index contributed by atoms with van der Waals surface area (Å²) in [6, 6.07) is 9.20. The zero-order valence-corrected chi connectivity index (χ0v) is 10.7. The average molecular weight is 293 g/mol. The number of aromatic nitrogens is 4. The number of hydrogen-bond donors (Lipinski definition) is 1. The van der Waals surface area contributed by atoms with Crippen LogP contribution in [-0.4, -0.2) is 32.5 Å². The van der Waals surface area contributed by atoms with E-state index in [2.05, 4.69) is 20.4 Å². The Morgan fingerprint density at radius 1 is 1.10 bits per heavy atom. The molecule has 0 aliphatic carbocycles. The van der Waals surface area contributed by atoms with Gasteiger partial charge < -0.3 is 5.32 Å². The van der Waals surface area contributed by atoms with Crippen molar-refractivity contribution in [2.45, 2.75) is 6.18 Å². The number of nitrogens with one attached hydrogen (secondary N) is 1. The molecule has 3 rings (SSSR count). The molecule has 0 bridgehead atoms. The van der Waals surface area contributed by atoms with Crippen molar-refractivity contribution < 1.29 is 13.2 Å². The summed E-state index contributed by atoms with van der Waals surface area (Å²) in [5.74, 6) is 0.111. The Bertz CT molecular complexity index is 751. The molecule has 8 heteroatoms. The van der Waals surface area contributed by atoms with E-state index in [0.717, 1.165) is 5.69 Å². The molecule has 0 fully saturated rings. The van der Waals surface area contributed by atoms with E-state index in [1.807, 2.05) is 30.3 Å². The molecule has 0 radical (unpaired) electrons. The molecule has 21 heavy (non-hydrogen) atoms. The van der Waals surface area contributed by atoms with Crippen molar-refractivity contribution in [1.82, 2.24) is 19.7 Å². The maximum atomic E-state index is 12.3. The Balaban J connectivity index is 2.01. The minimum atomic E-state index is -4.31. The van der Waals surface area contributed by atoms with Crippen LogP contribution in [0.1, 0.15) is 0 Å². The van der Waals surface area contributed by atoms with E-state index in [4.69, 9.17) is 0 Å². The highest BCUT2D eigenvalue weighted by Gasteiger charge is 2.27. The molecule has 2 heterocycles. The second-order valence-electron chi connectivity index (χ2n) is 4.32. The fraction of sp³-hybridized carbons (Fsp3) is 0.154. The van der Waals surface area contributed by atoms with Crippen molar-refractivity contribution in [3.8, 4) is 5.69 Å². The number of halogens is 3. The van der Waals surface area contributed by atoms with Gasteiger partial charge in [0.05, 0.1) is 17.3 Å². The van der Waals surface area contributed by atoms with Gasteiger partial charge in [-0.2, -0.15) is 18.3 Å². The summed E-state index contributed by atoms with van der Waals surface area (Å²) >= 11 is 0. The van der Waals surface area contributed by atoms with Gasteiger partial charge in [0.1, 0.15) is 18.7 Å². The van der Waals surface area contributed by atoms with Gasteiger partial charge in [-0.05, 0) is 12.1 Å². The standard InChI is InChI=1S/C13H10F3N5/c14-13(15,16)7-17-11-10-6-20-21(12(10)19-8-18-11)9-4-2-1-3-5-9/h1-6,8H,7H2,(H,17,18,19). The number of para-hydroxylation sites is 1. The van der Waals surface area contributed by atoms with Crippen LogP contribution in [0.3, 0.4) is 0 Å². The van der Waals surface area contributed by atoms with Crippen LogP contribution in [-0.2, 0) is 0 Å². The summed E-state index contributed by atoms with van der Waals surface area (Å²) in [6.07, 6.45) is -1.66. The lowest BCUT2D eigenvalue weighted by atomic mass is 10.3. The molecule has 0 saturated carbocycles. The van der Waals surface area contributed by atoms with Crippen molar-refractivity contribution in [3.05, 3.63) is 42.9 Å². The molecule has 0 aliphatic heterocycles. The van der Waals surface area contributed by atoms with Crippen LogP contribution in [0.5, 0.6) is 0 Å². The third-order valence-electron chi connectivity index (χ3n) is 2.82. The third-order valence-corrected chi connectivity index (χ3v) is 2.82. The lowest BCUT2D eigenvalue weighted by molar-refractivity contribution is -0.115. The summed E-state index contributed by atoms with van der Waals surface area (Å²) in [5.41, 5.74) is 1.22. The molecule has 5 nitrogen and oxygen atoms in total. The van der Waals surface area contributed by atoms with Crippen LogP contribution >= 0.6 is 0 Å². The predicted octanol–water partition coefficient (Wildman–Crippen LogP) is 2.79. The number of rotatable bonds is 3. The minimum Gasteiger partial charge on any atom is -0.360 e. The van der Waals surface area contributed by atoms with Gasteiger partial charge in [-0.1, -0.05) is 18.2 Å². The Labute approximate surface area is 117 Å². The first-order valence-corrected chi connectivity index (χ1v) is 6.09. The van der Waals surface area contributed by atoms with Crippen molar-refractivity contribution >= 4 is 16.9 Å². The number of alkyl halides is 3. The van der Waals surface area contributed by atoms with Crippen LogP contribution in [0.25, 0.3) is 16.7 Å². The van der Waals surface area contributed by atoms with Gasteiger partial charge in [-0.25, -0.2) is 14.6 Å². The molecule has 0 saturated heterocycles. The van der Waals surface area contributed by atoms with Gasteiger partial charge in [-0.15, -0.1) is 0 Å². The number of hydrogen-bond acceptors (Lipinski definition) is 4. The van der Waals surface area contributed by atoms with Crippen LogP contribution in [0.4, 0.5) is 19.0 Å². The largest absolute Gasteiger partial charge is 0.405 e. The van der Waals surface area contributed by atoms with Crippen LogP contribution in [0, 0.1) is 0 Å². The molecule has 0 unspecified atom stereocenters. The summed E-state index contributed by atoms with van der Waals surface area (Å²) in [4.78, 5) is 7.93. The molecule has 1 aromatic carbocycles. The molecule has 0 amide bonds. The second kappa shape index (κ2) is 5.04. The van der Waals surface area contributed by atoms with Crippen molar-refractivity contribution in [2.75, 3.05) is 11.9 Å². The fourth-order valence-electron chi connectivity index (χ4n) is 1.93. The smallest absolute Gasteiger partial charge is 0.360 e. The van der Waals surface area contributed by atoms with E-state index < -0.39 is 12.7 Å². The minimum absolute atomic E-state index is 0.111. The Kier molecular flexibility index (Phi) is 3.20. The van der Waals surface area contributed by atoms with Crippen LogP contribution < -0.4 is 5.32 Å². The lowest BCUT2D eigenvalue weighted by Gasteiger charge is -2.09. The molecule has 1 N–H and O–H groups in total. The predicted molar refractivity (Wildman–Crippen MR) is 71.2 cm³/mol. The molecular weight excluding hydrogens is 283 g/mol. The van der Waals surface area contributed by atoms with Gasteiger partial charge in [0.25, 0.3) is 0 Å². The molecule has 0 atom stereocenters. The maximum Gasteiger partial charge on any atom is 0.405 e. The maximum absolute atomic E-state index is 12.3. The highest BCUT2D eigenvalue weighted by Crippen LogP contribution is 2.23. The summed E-state index contributed by atoms with van der Waals surface area (Å²) in [6.45, 7) is -1.16. The van der Waals surface area contributed by atoms with E-state index >= 15 is 0 Å². The zero-order chi connectivity index (χ0) is 14.9. The number of fused-ring (bicyclic) bond motifs is 1. The topological polar surface area (TPSA) is 55.6 Å². The average Bonchev–Trinajstić information content (AvgIpc) is 2.89. The first-order valence-electron chi connectivity index (χ1n) is 6.09. The van der Waals surface area contributed by atoms with Gasteiger partial charge in [0.2, 0.25) is 0 Å². The van der Waals surface area contributed by atoms with E-state index in [9.17, 15) is 13.2 Å². The molecule has 2 aromatic heterocycles. The molecule has 3 aromatic rings. The monoisotopic (exact) mass is 293 g/mol. The summed E-state index contributed by atoms with van der Waals surface area (Å²) in [7, 11) is 0. The first-order chi connectivity index (χ1) is 10.0. The van der Waals surface area contributed by atoms with Crippen molar-refractivity contribution in [3.63, 3.8) is 0 Å². The SMILES string of the molecule is FC(F)(F)CNc1ncnc2c1cnn2-c1ccccc1. The van der Waals surface area contributed by atoms with E-state index in [1.54, 1.807) is 4.68 Å². The fourth-order valence-corrected chi connectivity index (χ4v) is 1.93. The summed E-state index contributed by atoms with van der Waals surface area (Å²) < 4.78 is 38.4. The zero-order valence-electron chi connectivity index (χ0n) is 10.7. The lowest BCUT2D eigenvalue weighted by Crippen LogP contribution is -2.21. The quantitative estimate of drug-likeness (QED) is 0.806. The normalized spacial score (nSPS) is 11.8. The van der Waals surface area contributed by atoms with Crippen molar-refractivity contribution in [2.24, 2.45) is 0 Å². The third kappa shape index (κ3) is 2.78. The van der Waals surface area contributed by atoms with Crippen LogP contribution in [0.2, 0.25) is 0 Å². The highest BCUT2D eigenvalue weighted by molar-refractivity contribution is 5.87. The molecule has 0 spiro atoms. The van der Waals surface area contributed by atoms with Gasteiger partial charge in [0, 0.05) is 0 Å². The first kappa shape index (κ1) is 13.3. The number of benzene rings is 1. The number of nitrogens with zero attached hydrogens (tertiary/aromatic N) is 4. The Morgan fingerprint density at radius 3 is 2.57 bits per heavy atom. The van der Waals surface area contributed by atoms with Gasteiger partial charge in [0.15, 0.2) is 5.65 Å². The van der Waals surface area contributed by atoms with Gasteiger partial charge >= 0.3 is 6.18 Å². The molecule has 0 aliphatic rings. The second-order valence-corrected chi connectivity index (χ2v) is 4.32. The number of anilines is 1. The van der Waals surface area contributed by atoms with Crippen molar-refractivity contribution in [1.29, 1.82) is 0 Å². The highest BCUT2D eigenvalue weighted by atomic mass is 19.4. The Morgan fingerprint density at radius 2 is 1.86 bits per heavy atom. The van der Waals surface area contributed by atoms with E-state index in [0.29, 0.717) is 11.0 Å². The van der Waals surface area contributed by atoms with Gasteiger partial charge in [-0.3, -0.25) is 0 Å².